The molecule has 5 N–H and O–H groups in total. The minimum Gasteiger partial charge on any atom is -0.394 e. The molecule has 7 nitrogen and oxygen atoms in total. The summed E-state index contributed by atoms with van der Waals surface area (Å²) in [6.07, 6.45) is -6.48. The van der Waals surface area contributed by atoms with Gasteiger partial charge in [-0.2, -0.15) is 0 Å². The third-order valence-corrected chi connectivity index (χ3v) is 2.67. The van der Waals surface area contributed by atoms with E-state index in [-0.39, 0.29) is 6.61 Å². The van der Waals surface area contributed by atoms with Gasteiger partial charge in [-0.3, -0.25) is 0 Å². The molecule has 6 atom stereocenters. The van der Waals surface area contributed by atoms with Gasteiger partial charge >= 0.3 is 0 Å². The highest BCUT2D eigenvalue weighted by Gasteiger charge is 2.43. The van der Waals surface area contributed by atoms with Gasteiger partial charge in [0.25, 0.3) is 0 Å². The Morgan fingerprint density at radius 3 is 2.35 bits per heavy atom. The molecule has 0 amide bonds. The van der Waals surface area contributed by atoms with Crippen molar-refractivity contribution in [1.29, 1.82) is 0 Å². The fourth-order valence-corrected chi connectivity index (χ4v) is 1.56. The van der Waals surface area contributed by atoms with Gasteiger partial charge in [-0.25, -0.2) is 0 Å². The maximum atomic E-state index is 9.58. The molecule has 1 unspecified atom stereocenters. The Bertz CT molecular complexity index is 221. The van der Waals surface area contributed by atoms with Crippen LogP contribution in [-0.2, 0) is 9.47 Å². The summed E-state index contributed by atoms with van der Waals surface area (Å²) < 4.78 is 10.2. The number of hydrogen-bond acceptors (Lipinski definition) is 7. The zero-order valence-electron chi connectivity index (χ0n) is 9.64. The van der Waals surface area contributed by atoms with E-state index in [1.54, 1.807) is 6.92 Å². The zero-order valence-corrected chi connectivity index (χ0v) is 9.64. The molecule has 0 spiro atoms. The average Bonchev–Trinajstić information content (AvgIpc) is 2.29. The van der Waals surface area contributed by atoms with Gasteiger partial charge in [-0.15, -0.1) is 0 Å². The summed E-state index contributed by atoms with van der Waals surface area (Å²) in [6, 6.07) is 0. The van der Waals surface area contributed by atoms with Crippen LogP contribution >= 0.6 is 0 Å². The van der Waals surface area contributed by atoms with Crippen LogP contribution in [0, 0.1) is 0 Å². The van der Waals surface area contributed by atoms with Gasteiger partial charge in [0.2, 0.25) is 0 Å². The lowest BCUT2D eigenvalue weighted by atomic mass is 9.99. The van der Waals surface area contributed by atoms with Crippen molar-refractivity contribution >= 4 is 0 Å². The van der Waals surface area contributed by atoms with Gasteiger partial charge < -0.3 is 35.0 Å². The van der Waals surface area contributed by atoms with Crippen molar-refractivity contribution < 1.29 is 35.0 Å². The maximum Gasteiger partial charge on any atom is 0.186 e. The van der Waals surface area contributed by atoms with Crippen LogP contribution in [0.25, 0.3) is 0 Å². The van der Waals surface area contributed by atoms with Crippen molar-refractivity contribution in [2.24, 2.45) is 0 Å². The van der Waals surface area contributed by atoms with Crippen LogP contribution in [-0.4, -0.2) is 75.6 Å². The lowest BCUT2D eigenvalue weighted by Gasteiger charge is -2.39. The average molecular weight is 252 g/mol. The highest BCUT2D eigenvalue weighted by Crippen LogP contribution is 2.21. The molecule has 17 heavy (non-hydrogen) atoms. The lowest BCUT2D eigenvalue weighted by molar-refractivity contribution is -0.301. The molecule has 1 aliphatic rings. The summed E-state index contributed by atoms with van der Waals surface area (Å²) in [5.41, 5.74) is 0. The summed E-state index contributed by atoms with van der Waals surface area (Å²) >= 11 is 0. The topological polar surface area (TPSA) is 120 Å². The van der Waals surface area contributed by atoms with E-state index in [2.05, 4.69) is 0 Å². The molecule has 102 valence electrons. The Balaban J connectivity index is 2.47. The van der Waals surface area contributed by atoms with E-state index in [4.69, 9.17) is 19.7 Å². The first-order chi connectivity index (χ1) is 7.97. The van der Waals surface area contributed by atoms with Crippen LogP contribution in [0.3, 0.4) is 0 Å². The molecule has 0 saturated carbocycles. The standard InChI is InChI=1S/C10H20O7/c1-5(12)2-3-16-10-9(15)8(14)7(13)6(4-11)17-10/h5-15H,2-4H2,1H3/t5?,6-,7-,8+,9-,10-/m1/s1. The number of aliphatic hydroxyl groups excluding tert-OH is 5. The molecule has 7 heteroatoms. The number of hydrogen-bond donors (Lipinski definition) is 5. The molecule has 1 rings (SSSR count). The van der Waals surface area contributed by atoms with E-state index in [1.165, 1.54) is 0 Å². The van der Waals surface area contributed by atoms with E-state index >= 15 is 0 Å². The third kappa shape index (κ3) is 3.85. The first-order valence-corrected chi connectivity index (χ1v) is 5.57. The predicted octanol–water partition coefficient (Wildman–Crippen LogP) is -2.43. The number of rotatable bonds is 5. The zero-order chi connectivity index (χ0) is 13.0. The Morgan fingerprint density at radius 1 is 1.18 bits per heavy atom. The molecular weight excluding hydrogens is 232 g/mol. The summed E-state index contributed by atoms with van der Waals surface area (Å²) in [4.78, 5) is 0. The normalized spacial score (nSPS) is 40.2. The smallest absolute Gasteiger partial charge is 0.186 e. The van der Waals surface area contributed by atoms with Gasteiger partial charge in [0.15, 0.2) is 6.29 Å². The second-order valence-corrected chi connectivity index (χ2v) is 4.21. The summed E-state index contributed by atoms with van der Waals surface area (Å²) in [7, 11) is 0. The fourth-order valence-electron chi connectivity index (χ4n) is 1.56. The van der Waals surface area contributed by atoms with Gasteiger partial charge in [-0.1, -0.05) is 0 Å². The van der Waals surface area contributed by atoms with E-state index in [0.29, 0.717) is 6.42 Å². The van der Waals surface area contributed by atoms with Crippen molar-refractivity contribution in [3.63, 3.8) is 0 Å². The number of ether oxygens (including phenoxy) is 2. The highest BCUT2D eigenvalue weighted by atomic mass is 16.7. The second-order valence-electron chi connectivity index (χ2n) is 4.21. The van der Waals surface area contributed by atoms with Crippen LogP contribution in [0.1, 0.15) is 13.3 Å². The van der Waals surface area contributed by atoms with Gasteiger partial charge in [-0.05, 0) is 13.3 Å². The van der Waals surface area contributed by atoms with Gasteiger partial charge in [0.1, 0.15) is 24.4 Å². The number of aliphatic hydroxyl groups is 5. The van der Waals surface area contributed by atoms with Crippen LogP contribution in [0.5, 0.6) is 0 Å². The van der Waals surface area contributed by atoms with Crippen molar-refractivity contribution in [3.8, 4) is 0 Å². The van der Waals surface area contributed by atoms with E-state index in [1.807, 2.05) is 0 Å². The Labute approximate surface area is 99.2 Å². The fraction of sp³-hybridized carbons (Fsp3) is 1.00. The minimum atomic E-state index is -1.43. The Kier molecular flexibility index (Phi) is 5.74. The first kappa shape index (κ1) is 14.8. The van der Waals surface area contributed by atoms with Crippen LogP contribution in [0.15, 0.2) is 0 Å². The molecule has 0 bridgehead atoms. The van der Waals surface area contributed by atoms with Crippen molar-refractivity contribution in [2.75, 3.05) is 13.2 Å². The molecule has 1 aliphatic heterocycles. The predicted molar refractivity (Wildman–Crippen MR) is 56.0 cm³/mol. The first-order valence-electron chi connectivity index (χ1n) is 5.57. The van der Waals surface area contributed by atoms with E-state index in [0.717, 1.165) is 0 Å². The molecule has 0 radical (unpaired) electrons. The van der Waals surface area contributed by atoms with Gasteiger partial charge in [0, 0.05) is 0 Å². The third-order valence-electron chi connectivity index (χ3n) is 2.67. The molecular formula is C10H20O7. The van der Waals surface area contributed by atoms with E-state index in [9.17, 15) is 15.3 Å². The molecule has 0 aromatic rings. The van der Waals surface area contributed by atoms with Crippen molar-refractivity contribution in [2.45, 2.75) is 50.2 Å². The quantitative estimate of drug-likeness (QED) is 0.369. The molecule has 1 heterocycles. The summed E-state index contributed by atoms with van der Waals surface area (Å²) in [5.74, 6) is 0. The van der Waals surface area contributed by atoms with E-state index < -0.39 is 43.4 Å². The summed E-state index contributed by atoms with van der Waals surface area (Å²) in [5, 5.41) is 46.5. The largest absolute Gasteiger partial charge is 0.394 e. The molecule has 0 aliphatic carbocycles. The maximum absolute atomic E-state index is 9.58. The Hall–Kier alpha value is -0.280. The molecule has 0 aromatic heterocycles. The molecule has 0 aromatic carbocycles. The Morgan fingerprint density at radius 2 is 1.82 bits per heavy atom. The molecule has 1 saturated heterocycles. The van der Waals surface area contributed by atoms with Gasteiger partial charge in [0.05, 0.1) is 19.3 Å². The van der Waals surface area contributed by atoms with Crippen LogP contribution in [0.2, 0.25) is 0 Å². The van der Waals surface area contributed by atoms with Crippen molar-refractivity contribution in [3.05, 3.63) is 0 Å². The SMILES string of the molecule is CC(O)CCO[C@@H]1O[C@H](CO)[C@@H](O)[C@H](O)[C@H]1O. The second kappa shape index (κ2) is 6.60. The highest BCUT2D eigenvalue weighted by molar-refractivity contribution is 4.88. The monoisotopic (exact) mass is 252 g/mol. The summed E-state index contributed by atoms with van der Waals surface area (Å²) in [6.45, 7) is 1.25. The van der Waals surface area contributed by atoms with Crippen molar-refractivity contribution in [1.82, 2.24) is 0 Å². The minimum absolute atomic E-state index is 0.139. The van der Waals surface area contributed by atoms with Crippen LogP contribution < -0.4 is 0 Å². The molecule has 1 fully saturated rings. The lowest BCUT2D eigenvalue weighted by Crippen LogP contribution is -2.59. The van der Waals surface area contributed by atoms with Crippen LogP contribution in [0.4, 0.5) is 0 Å².